The first kappa shape index (κ1) is 39.1. The number of methoxy groups -OCH3 is 2. The number of fused-ring (bicyclic) bond motifs is 2. The maximum Gasteiger partial charge on any atom is 0.359 e. The molecule has 0 saturated carbocycles. The number of rotatable bonds is 10. The molecule has 304 valence electrons. The van der Waals surface area contributed by atoms with E-state index in [1.54, 1.807) is 158 Å². The van der Waals surface area contributed by atoms with Crippen molar-refractivity contribution in [1.29, 1.82) is 0 Å². The quantitative estimate of drug-likeness (QED) is 0.0983. The molecule has 0 amide bonds. The number of nitrogens with zero attached hydrogens (tertiary/aromatic N) is 4. The fourth-order valence-corrected chi connectivity index (χ4v) is 7.86. The Bertz CT molecular complexity index is 2650. The Labute approximate surface area is 355 Å². The lowest BCUT2D eigenvalue weighted by Crippen LogP contribution is -2.51. The van der Waals surface area contributed by atoms with Crippen LogP contribution in [0.2, 0.25) is 0 Å². The molecule has 1 aliphatic rings. The fraction of sp³-hybridized carbons (Fsp3) is 0.0800. The smallest absolute Gasteiger partial charge is 0.359 e. The van der Waals surface area contributed by atoms with Crippen LogP contribution in [0, 0.1) is 0 Å². The number of esters is 2. The van der Waals surface area contributed by atoms with Crippen molar-refractivity contribution in [3.63, 3.8) is 0 Å². The van der Waals surface area contributed by atoms with Crippen LogP contribution in [0.1, 0.15) is 75.1 Å². The summed E-state index contributed by atoms with van der Waals surface area (Å²) in [5, 5.41) is 9.92. The first-order valence-corrected chi connectivity index (χ1v) is 19.6. The Balaban J connectivity index is 1.54. The molecule has 2 aromatic heterocycles. The van der Waals surface area contributed by atoms with Crippen LogP contribution in [-0.2, 0) is 20.9 Å². The third-order valence-corrected chi connectivity index (χ3v) is 10.7. The summed E-state index contributed by atoms with van der Waals surface area (Å²) in [5.74, 6) is -3.55. The van der Waals surface area contributed by atoms with Gasteiger partial charge in [-0.15, -0.1) is 0 Å². The van der Waals surface area contributed by atoms with Crippen LogP contribution in [0.25, 0.3) is 0 Å². The van der Waals surface area contributed by atoms with Crippen LogP contribution >= 0.6 is 0 Å². The van der Waals surface area contributed by atoms with Gasteiger partial charge < -0.3 is 18.9 Å². The number of carbonyl (C=O) groups is 4. The summed E-state index contributed by atoms with van der Waals surface area (Å²) in [7, 11) is 2.39. The molecule has 12 heteroatoms. The Morgan fingerprint density at radius 3 is 0.935 bits per heavy atom. The topological polar surface area (TPSA) is 141 Å². The summed E-state index contributed by atoms with van der Waals surface area (Å²) >= 11 is 0. The second-order valence-corrected chi connectivity index (χ2v) is 14.2. The van der Waals surface area contributed by atoms with Crippen molar-refractivity contribution in [2.75, 3.05) is 14.2 Å². The lowest BCUT2D eigenvalue weighted by molar-refractivity contribution is -0.0298. The zero-order chi connectivity index (χ0) is 42.8. The van der Waals surface area contributed by atoms with E-state index in [9.17, 15) is 9.59 Å². The first-order valence-electron chi connectivity index (χ1n) is 19.6. The maximum absolute atomic E-state index is 15.2. The first-order chi connectivity index (χ1) is 30.3. The second kappa shape index (κ2) is 16.0. The highest BCUT2D eigenvalue weighted by atomic mass is 16.6. The molecule has 0 saturated heterocycles. The molecule has 12 nitrogen and oxygen atoms in total. The van der Waals surface area contributed by atoms with Crippen LogP contribution in [0.3, 0.4) is 0 Å². The van der Waals surface area contributed by atoms with Gasteiger partial charge in [0, 0.05) is 33.4 Å². The van der Waals surface area contributed by atoms with Gasteiger partial charge >= 0.3 is 11.9 Å². The van der Waals surface area contributed by atoms with Crippen molar-refractivity contribution in [2.24, 2.45) is 0 Å². The lowest BCUT2D eigenvalue weighted by Gasteiger charge is -2.43. The number of ether oxygens (including phenoxy) is 4. The zero-order valence-corrected chi connectivity index (χ0v) is 33.4. The molecular formula is C50H36N4O8. The predicted molar refractivity (Wildman–Crippen MR) is 226 cm³/mol. The van der Waals surface area contributed by atoms with E-state index in [-0.39, 0.29) is 45.4 Å². The van der Waals surface area contributed by atoms with Gasteiger partial charge in [0.1, 0.15) is 11.1 Å². The third-order valence-electron chi connectivity index (χ3n) is 10.7. The minimum absolute atomic E-state index is 0.221. The highest BCUT2D eigenvalue weighted by molar-refractivity contribution is 6.16. The molecule has 0 N–H and O–H groups in total. The van der Waals surface area contributed by atoms with Crippen LogP contribution < -0.4 is 9.47 Å². The number of hydrogen-bond acceptors (Lipinski definition) is 10. The molecule has 0 bridgehead atoms. The molecule has 9 rings (SSSR count). The lowest BCUT2D eigenvalue weighted by atomic mass is 9.91. The summed E-state index contributed by atoms with van der Waals surface area (Å²) in [5.41, 5.74) is -3.15. The van der Waals surface area contributed by atoms with Gasteiger partial charge in [0.25, 0.3) is 11.4 Å². The Morgan fingerprint density at radius 2 is 0.677 bits per heavy atom. The average molecular weight is 821 g/mol. The zero-order valence-electron chi connectivity index (χ0n) is 33.4. The Hall–Kier alpha value is -8.38. The number of hydrogen-bond donors (Lipinski definition) is 0. The number of carbonyl (C=O) groups excluding carboxylic acids is 4. The van der Waals surface area contributed by atoms with E-state index in [0.717, 1.165) is 0 Å². The van der Waals surface area contributed by atoms with Crippen LogP contribution in [0.5, 0.6) is 11.8 Å². The molecule has 0 radical (unpaired) electrons. The summed E-state index contributed by atoms with van der Waals surface area (Å²) in [6, 6.07) is 52.6. The normalized spacial score (nSPS) is 13.5. The van der Waals surface area contributed by atoms with Crippen molar-refractivity contribution >= 4 is 23.5 Å². The van der Waals surface area contributed by atoms with Gasteiger partial charge in [-0.3, -0.25) is 9.59 Å². The third kappa shape index (κ3) is 6.24. The van der Waals surface area contributed by atoms with Crippen molar-refractivity contribution in [2.45, 2.75) is 11.4 Å². The van der Waals surface area contributed by atoms with E-state index < -0.39 is 35.0 Å². The molecule has 0 aliphatic carbocycles. The van der Waals surface area contributed by atoms with Crippen molar-refractivity contribution in [1.82, 2.24) is 19.6 Å². The summed E-state index contributed by atoms with van der Waals surface area (Å²) < 4.78 is 28.5. The number of ketones is 2. The van der Waals surface area contributed by atoms with Gasteiger partial charge in [-0.1, -0.05) is 182 Å². The van der Waals surface area contributed by atoms with Crippen LogP contribution in [-0.4, -0.2) is 57.3 Å². The molecule has 3 heterocycles. The van der Waals surface area contributed by atoms with E-state index in [0.29, 0.717) is 22.3 Å². The molecule has 6 aromatic carbocycles. The molecule has 1 aliphatic heterocycles. The van der Waals surface area contributed by atoms with E-state index in [1.165, 1.54) is 23.6 Å². The SMILES string of the molecule is COC(=O)c1nn2c(c1C(=O)c1ccccc1)OC(c1ccccc1)(c1ccccc1)n1nc(C(=O)OC)c(C(=O)c3ccccc3)c1OC2(c1ccccc1)c1ccccc1. The highest BCUT2D eigenvalue weighted by Gasteiger charge is 2.55. The summed E-state index contributed by atoms with van der Waals surface area (Å²) in [6.45, 7) is 0. The van der Waals surface area contributed by atoms with Gasteiger partial charge in [0.2, 0.25) is 23.3 Å². The van der Waals surface area contributed by atoms with Gasteiger partial charge in [-0.2, -0.15) is 19.6 Å². The summed E-state index contributed by atoms with van der Waals surface area (Å²) in [6.07, 6.45) is 0. The molecule has 0 fully saturated rings. The van der Waals surface area contributed by atoms with E-state index in [1.807, 2.05) is 24.3 Å². The predicted octanol–water partition coefficient (Wildman–Crippen LogP) is 8.09. The van der Waals surface area contributed by atoms with Crippen molar-refractivity contribution in [3.05, 3.63) is 238 Å². The fourth-order valence-electron chi connectivity index (χ4n) is 7.86. The van der Waals surface area contributed by atoms with E-state index in [4.69, 9.17) is 29.1 Å². The van der Waals surface area contributed by atoms with E-state index in [2.05, 4.69) is 0 Å². The minimum Gasteiger partial charge on any atom is -0.464 e. The average Bonchev–Trinajstić information content (AvgIpc) is 3.91. The monoisotopic (exact) mass is 820 g/mol. The van der Waals surface area contributed by atoms with Gasteiger partial charge in [0.15, 0.2) is 11.4 Å². The Kier molecular flexibility index (Phi) is 10.1. The van der Waals surface area contributed by atoms with Crippen LogP contribution in [0.15, 0.2) is 182 Å². The van der Waals surface area contributed by atoms with Crippen molar-refractivity contribution < 1.29 is 38.1 Å². The molecule has 0 unspecified atom stereocenters. The van der Waals surface area contributed by atoms with Gasteiger partial charge in [-0.05, 0) is 0 Å². The van der Waals surface area contributed by atoms with Gasteiger partial charge in [-0.25, -0.2) is 9.59 Å². The van der Waals surface area contributed by atoms with E-state index >= 15 is 9.59 Å². The molecule has 0 spiro atoms. The number of aromatic nitrogens is 4. The molecule has 8 aromatic rings. The highest BCUT2D eigenvalue weighted by Crippen LogP contribution is 2.50. The second-order valence-electron chi connectivity index (χ2n) is 14.2. The minimum atomic E-state index is -2.02. The Morgan fingerprint density at radius 1 is 0.419 bits per heavy atom. The standard InChI is InChI=1S/C50H36N4O8/c1-59-47(57)41-39(43(55)33-21-9-3-10-22-33)45-53(51-41)49(35-25-13-5-14-26-35,36-27-15-6-16-28-36)62-46-40(44(56)34-23-11-4-12-24-34)42(48(58)60-2)52-54(46)50(61-45,37-29-17-7-18-30-37)38-31-19-8-20-32-38/h3-32H,1-2H3. The number of benzene rings is 6. The summed E-state index contributed by atoms with van der Waals surface area (Å²) in [4.78, 5) is 58.5. The molecule has 0 atom stereocenters. The molecule has 62 heavy (non-hydrogen) atoms. The van der Waals surface area contributed by atoms with Crippen LogP contribution in [0.4, 0.5) is 0 Å². The maximum atomic E-state index is 15.2. The van der Waals surface area contributed by atoms with Gasteiger partial charge in [0.05, 0.1) is 14.2 Å². The molecular weight excluding hydrogens is 785 g/mol. The largest absolute Gasteiger partial charge is 0.464 e. The van der Waals surface area contributed by atoms with Crippen molar-refractivity contribution in [3.8, 4) is 11.8 Å².